The summed E-state index contributed by atoms with van der Waals surface area (Å²) in [6, 6.07) is 16.1. The van der Waals surface area contributed by atoms with E-state index in [0.29, 0.717) is 12.8 Å². The molecule has 2 amide bonds. The molecule has 5 rings (SSSR count). The number of fused-ring (bicyclic) bond motifs is 3. The molecule has 3 aliphatic heterocycles. The van der Waals surface area contributed by atoms with Crippen LogP contribution in [0, 0.1) is 0 Å². The Morgan fingerprint density at radius 1 is 0.852 bits per heavy atom. The number of para-hydroxylation sites is 1. The summed E-state index contributed by atoms with van der Waals surface area (Å²) in [6.45, 7) is 0. The van der Waals surface area contributed by atoms with E-state index in [1.165, 1.54) is 0 Å². The zero-order chi connectivity index (χ0) is 18.4. The van der Waals surface area contributed by atoms with E-state index in [0.717, 1.165) is 16.8 Å². The average Bonchev–Trinajstić information content (AvgIpc) is 2.88. The van der Waals surface area contributed by atoms with Crippen LogP contribution in [0.3, 0.4) is 0 Å². The van der Waals surface area contributed by atoms with Crippen LogP contribution >= 0.6 is 0 Å². The number of hydrogen-bond acceptors (Lipinski definition) is 5. The van der Waals surface area contributed by atoms with Crippen molar-refractivity contribution in [1.29, 1.82) is 0 Å². The van der Waals surface area contributed by atoms with Gasteiger partial charge in [0.25, 0.3) is 0 Å². The third-order valence-corrected chi connectivity index (χ3v) is 5.44. The lowest BCUT2D eigenvalue weighted by molar-refractivity contribution is -0.509. The van der Waals surface area contributed by atoms with Crippen LogP contribution in [0.2, 0.25) is 0 Å². The second-order valence-corrected chi connectivity index (χ2v) is 7.16. The number of hydrogen-bond donors (Lipinski definition) is 3. The summed E-state index contributed by atoms with van der Waals surface area (Å²) in [5, 5.41) is 8.95. The van der Waals surface area contributed by atoms with Crippen molar-refractivity contribution in [2.75, 3.05) is 5.32 Å². The molecule has 0 aliphatic carbocycles. The number of carbonyl (C=O) groups excluding carboxylic acids is 2. The Kier molecular flexibility index (Phi) is 3.66. The van der Waals surface area contributed by atoms with Crippen LogP contribution in [0.25, 0.3) is 0 Å². The van der Waals surface area contributed by atoms with Crippen molar-refractivity contribution in [3.05, 3.63) is 65.7 Å². The zero-order valence-electron chi connectivity index (χ0n) is 14.5. The van der Waals surface area contributed by atoms with E-state index in [1.807, 2.05) is 54.6 Å². The molecule has 27 heavy (non-hydrogen) atoms. The minimum Gasteiger partial charge on any atom is -0.355 e. The highest BCUT2D eigenvalue weighted by Crippen LogP contribution is 2.51. The predicted molar refractivity (Wildman–Crippen MR) is 96.3 cm³/mol. The molecule has 2 fully saturated rings. The van der Waals surface area contributed by atoms with Crippen LogP contribution in [0.4, 0.5) is 5.69 Å². The molecule has 3 heterocycles. The summed E-state index contributed by atoms with van der Waals surface area (Å²) in [4.78, 5) is 35.9. The number of carbonyl (C=O) groups is 2. The molecule has 1 unspecified atom stereocenters. The second-order valence-electron chi connectivity index (χ2n) is 7.16. The molecular formula is C20H19N3O4. The largest absolute Gasteiger partial charge is 0.355 e. The highest BCUT2D eigenvalue weighted by Gasteiger charge is 2.60. The quantitative estimate of drug-likeness (QED) is 0.709. The monoisotopic (exact) mass is 365 g/mol. The fraction of sp³-hybridized carbons (Fsp3) is 0.300. The first-order valence-electron chi connectivity index (χ1n) is 9.01. The van der Waals surface area contributed by atoms with Gasteiger partial charge in [0.15, 0.2) is 11.8 Å². The maximum Gasteiger partial charge on any atom is 0.243 e. The zero-order valence-corrected chi connectivity index (χ0v) is 14.5. The Balaban J connectivity index is 1.32. The van der Waals surface area contributed by atoms with Gasteiger partial charge in [0.2, 0.25) is 11.8 Å². The Labute approximate surface area is 156 Å². The first-order valence-corrected chi connectivity index (χ1v) is 9.01. The van der Waals surface area contributed by atoms with Crippen molar-refractivity contribution in [3.8, 4) is 0 Å². The molecule has 0 aromatic heterocycles. The first-order chi connectivity index (χ1) is 13.2. The van der Waals surface area contributed by atoms with Gasteiger partial charge in [-0.1, -0.05) is 48.5 Å². The third-order valence-electron chi connectivity index (χ3n) is 5.44. The van der Waals surface area contributed by atoms with Crippen molar-refractivity contribution in [3.63, 3.8) is 0 Å². The number of anilines is 1. The highest BCUT2D eigenvalue weighted by atomic mass is 17.3. The van der Waals surface area contributed by atoms with Crippen LogP contribution in [-0.4, -0.2) is 30.1 Å². The maximum absolute atomic E-state index is 12.7. The summed E-state index contributed by atoms with van der Waals surface area (Å²) in [7, 11) is 0. The fourth-order valence-electron chi connectivity index (χ4n) is 4.03. The standard InChI is InChI=1S/C20H19N3O4/c24-17-15(10-12-6-2-1-3-7-12)21-18(25)16(22-17)11-20-13-8-4-5-9-14(13)23-19(20)26-27-20/h1-9,15-16,19,23H,10-11H2,(H,21,25)(H,22,24)/t15-,16-,19+,20?/m0/s1. The minimum atomic E-state index is -0.766. The van der Waals surface area contributed by atoms with E-state index in [4.69, 9.17) is 9.78 Å². The van der Waals surface area contributed by atoms with E-state index in [1.54, 1.807) is 0 Å². The van der Waals surface area contributed by atoms with Crippen LogP contribution in [0.5, 0.6) is 0 Å². The number of amides is 2. The molecule has 2 saturated heterocycles. The van der Waals surface area contributed by atoms with Crippen molar-refractivity contribution in [1.82, 2.24) is 10.6 Å². The molecule has 3 aliphatic rings. The Morgan fingerprint density at radius 2 is 1.56 bits per heavy atom. The summed E-state index contributed by atoms with van der Waals surface area (Å²) in [5.41, 5.74) is 2.09. The summed E-state index contributed by atoms with van der Waals surface area (Å²) in [5.74, 6) is -0.389. The normalized spacial score (nSPS) is 31.0. The molecule has 7 nitrogen and oxygen atoms in total. The van der Waals surface area contributed by atoms with Crippen molar-refractivity contribution in [2.45, 2.75) is 36.8 Å². The molecule has 2 aromatic rings. The van der Waals surface area contributed by atoms with Crippen LogP contribution in [-0.2, 0) is 31.4 Å². The molecule has 0 radical (unpaired) electrons. The Bertz CT molecular complexity index is 903. The lowest BCUT2D eigenvalue weighted by Gasteiger charge is -2.44. The molecule has 7 heteroatoms. The average molecular weight is 365 g/mol. The van der Waals surface area contributed by atoms with E-state index in [2.05, 4.69) is 16.0 Å². The van der Waals surface area contributed by atoms with Gasteiger partial charge in [-0.05, 0) is 11.6 Å². The van der Waals surface area contributed by atoms with E-state index < -0.39 is 17.7 Å². The predicted octanol–water partition coefficient (Wildman–Crippen LogP) is 1.21. The van der Waals surface area contributed by atoms with Gasteiger partial charge in [-0.25, -0.2) is 9.78 Å². The number of nitrogens with one attached hydrogen (secondary N) is 3. The molecule has 0 bridgehead atoms. The maximum atomic E-state index is 12.7. The van der Waals surface area contributed by atoms with Gasteiger partial charge >= 0.3 is 0 Å². The van der Waals surface area contributed by atoms with Gasteiger partial charge < -0.3 is 16.0 Å². The molecule has 3 N–H and O–H groups in total. The molecule has 0 spiro atoms. The van der Waals surface area contributed by atoms with Gasteiger partial charge in [-0.2, -0.15) is 0 Å². The lowest BCUT2D eigenvalue weighted by atomic mass is 9.85. The number of rotatable bonds is 4. The Morgan fingerprint density at radius 3 is 2.33 bits per heavy atom. The van der Waals surface area contributed by atoms with Gasteiger partial charge in [0.1, 0.15) is 12.1 Å². The van der Waals surface area contributed by atoms with Gasteiger partial charge in [-0.3, -0.25) is 9.59 Å². The van der Waals surface area contributed by atoms with Crippen LogP contribution < -0.4 is 16.0 Å². The minimum absolute atomic E-state index is 0.184. The molecule has 2 aromatic carbocycles. The molecular weight excluding hydrogens is 346 g/mol. The number of benzene rings is 2. The summed E-state index contributed by atoms with van der Waals surface area (Å²) >= 11 is 0. The summed E-state index contributed by atoms with van der Waals surface area (Å²) in [6.07, 6.45) is 0.405. The smallest absolute Gasteiger partial charge is 0.243 e. The highest BCUT2D eigenvalue weighted by molar-refractivity contribution is 5.97. The van der Waals surface area contributed by atoms with E-state index in [9.17, 15) is 9.59 Å². The van der Waals surface area contributed by atoms with Crippen molar-refractivity contribution >= 4 is 17.5 Å². The summed E-state index contributed by atoms with van der Waals surface area (Å²) < 4.78 is 0. The Hall–Kier alpha value is -2.90. The van der Waals surface area contributed by atoms with Gasteiger partial charge in [0.05, 0.1) is 0 Å². The third kappa shape index (κ3) is 2.58. The molecule has 138 valence electrons. The van der Waals surface area contributed by atoms with E-state index in [-0.39, 0.29) is 18.0 Å². The topological polar surface area (TPSA) is 88.7 Å². The first kappa shape index (κ1) is 16.3. The fourth-order valence-corrected chi connectivity index (χ4v) is 4.03. The number of piperazine rings is 1. The van der Waals surface area contributed by atoms with Crippen LogP contribution in [0.15, 0.2) is 54.6 Å². The molecule has 4 atom stereocenters. The molecule has 0 saturated carbocycles. The van der Waals surface area contributed by atoms with Crippen molar-refractivity contribution < 1.29 is 19.4 Å². The second kappa shape index (κ2) is 6.07. The SMILES string of the molecule is O=C1N[C@@H](CC23OO[C@H]2Nc2ccccc23)C(=O)N[C@H]1Cc1ccccc1. The van der Waals surface area contributed by atoms with E-state index >= 15 is 0 Å². The van der Waals surface area contributed by atoms with Crippen LogP contribution in [0.1, 0.15) is 17.5 Å². The van der Waals surface area contributed by atoms with Gasteiger partial charge in [0, 0.05) is 24.1 Å². The van der Waals surface area contributed by atoms with Crippen molar-refractivity contribution in [2.24, 2.45) is 0 Å². The lowest BCUT2D eigenvalue weighted by Crippen LogP contribution is -2.65. The van der Waals surface area contributed by atoms with Gasteiger partial charge in [-0.15, -0.1) is 0 Å².